The number of amides is 2. The first-order valence-corrected chi connectivity index (χ1v) is 14.3. The fourth-order valence-corrected chi connectivity index (χ4v) is 7.80. The fraction of sp³-hybridized carbons (Fsp3) is 0.207. The van der Waals surface area contributed by atoms with Gasteiger partial charge in [0, 0.05) is 28.5 Å². The van der Waals surface area contributed by atoms with Gasteiger partial charge in [0.1, 0.15) is 23.4 Å². The molecular weight excluding hydrogens is 566 g/mol. The van der Waals surface area contributed by atoms with Gasteiger partial charge in [0.05, 0.1) is 28.7 Å². The molecule has 3 atom stereocenters. The zero-order valence-electron chi connectivity index (χ0n) is 21.9. The summed E-state index contributed by atoms with van der Waals surface area (Å²) in [5, 5.41) is 11.4. The first-order chi connectivity index (χ1) is 19.8. The lowest BCUT2D eigenvalue weighted by Crippen LogP contribution is -2.32. The Morgan fingerprint density at radius 3 is 2.49 bits per heavy atom. The molecule has 3 unspecified atom stereocenters. The molecule has 208 valence electrons. The number of rotatable bonds is 7. The van der Waals surface area contributed by atoms with Crippen molar-refractivity contribution in [1.29, 1.82) is 0 Å². The molecule has 0 radical (unpaired) electrons. The van der Waals surface area contributed by atoms with Crippen molar-refractivity contribution in [3.8, 4) is 11.5 Å². The number of H-pyrrole nitrogens is 1. The summed E-state index contributed by atoms with van der Waals surface area (Å²) in [4.78, 5) is 55.7. The summed E-state index contributed by atoms with van der Waals surface area (Å²) in [7, 11) is 1.52. The molecule has 2 amide bonds. The number of benzene rings is 3. The number of methoxy groups -OCH3 is 1. The Morgan fingerprint density at radius 1 is 1.02 bits per heavy atom. The number of carbonyl (C=O) groups excluding carboxylic acids is 2. The van der Waals surface area contributed by atoms with Crippen molar-refractivity contribution in [2.75, 3.05) is 12.0 Å². The maximum Gasteiger partial charge on any atom is 0.305 e. The van der Waals surface area contributed by atoms with E-state index in [1.807, 2.05) is 31.2 Å². The third kappa shape index (κ3) is 4.68. The molecule has 10 nitrogen and oxygen atoms in total. The number of imide groups is 1. The molecule has 1 fully saturated rings. The fourth-order valence-electron chi connectivity index (χ4n) is 5.29. The van der Waals surface area contributed by atoms with Gasteiger partial charge in [-0.2, -0.15) is 0 Å². The number of nitro benzene ring substituents is 1. The average Bonchev–Trinajstić information content (AvgIpc) is 3.46. The number of nitrogens with one attached hydrogen (secondary N) is 1. The number of thiazole rings is 1. The van der Waals surface area contributed by atoms with Crippen molar-refractivity contribution in [3.63, 3.8) is 0 Å². The van der Waals surface area contributed by atoms with Gasteiger partial charge < -0.3 is 14.5 Å². The number of thioether (sulfide) groups is 1. The van der Waals surface area contributed by atoms with E-state index in [1.165, 1.54) is 25.3 Å². The monoisotopic (exact) mass is 589 g/mol. The summed E-state index contributed by atoms with van der Waals surface area (Å²) in [5.74, 6) is -1.71. The van der Waals surface area contributed by atoms with Gasteiger partial charge in [-0.05, 0) is 48.4 Å². The summed E-state index contributed by atoms with van der Waals surface area (Å²) < 4.78 is 11.4. The number of anilines is 1. The van der Waals surface area contributed by atoms with E-state index in [4.69, 9.17) is 9.47 Å². The Morgan fingerprint density at radius 2 is 1.78 bits per heavy atom. The number of non-ortho nitro benzene ring substituents is 1. The topological polar surface area (TPSA) is 132 Å². The zero-order valence-corrected chi connectivity index (χ0v) is 23.5. The number of hydrogen-bond acceptors (Lipinski definition) is 9. The number of aryl methyl sites for hydroxylation is 1. The smallest absolute Gasteiger partial charge is 0.305 e. The van der Waals surface area contributed by atoms with E-state index in [0.717, 1.165) is 39.1 Å². The minimum absolute atomic E-state index is 0.189. The molecule has 6 rings (SSSR count). The molecule has 1 aromatic heterocycles. The number of fused-ring (bicyclic) bond motifs is 2. The van der Waals surface area contributed by atoms with Crippen LogP contribution in [0.1, 0.15) is 27.5 Å². The van der Waals surface area contributed by atoms with Crippen LogP contribution in [-0.4, -0.2) is 34.1 Å². The third-order valence-electron chi connectivity index (χ3n) is 7.34. The molecule has 1 N–H and O–H groups in total. The maximum atomic E-state index is 14.1. The Kier molecular flexibility index (Phi) is 6.88. The van der Waals surface area contributed by atoms with E-state index in [9.17, 15) is 24.5 Å². The second-order valence-corrected chi connectivity index (χ2v) is 11.8. The molecule has 3 aromatic carbocycles. The van der Waals surface area contributed by atoms with Crippen molar-refractivity contribution >= 4 is 46.3 Å². The molecule has 3 heterocycles. The van der Waals surface area contributed by atoms with Gasteiger partial charge in [0.15, 0.2) is 0 Å². The molecule has 0 aliphatic carbocycles. The molecule has 0 bridgehead atoms. The highest BCUT2D eigenvalue weighted by Gasteiger charge is 2.57. The van der Waals surface area contributed by atoms with Crippen LogP contribution in [0, 0.1) is 23.0 Å². The molecule has 2 aliphatic heterocycles. The Balaban J connectivity index is 1.47. The van der Waals surface area contributed by atoms with E-state index >= 15 is 0 Å². The highest BCUT2D eigenvalue weighted by molar-refractivity contribution is 8.00. The number of aromatic nitrogens is 1. The molecule has 0 spiro atoms. The van der Waals surface area contributed by atoms with Gasteiger partial charge in [0.2, 0.25) is 11.8 Å². The van der Waals surface area contributed by atoms with Crippen LogP contribution in [0.4, 0.5) is 11.4 Å². The molecular formula is C29H23N3O7S2. The van der Waals surface area contributed by atoms with Crippen LogP contribution in [0.25, 0.3) is 0 Å². The Bertz CT molecular complexity index is 1750. The predicted molar refractivity (Wildman–Crippen MR) is 154 cm³/mol. The number of hydrogen-bond donors (Lipinski definition) is 1. The standard InChI is InChI=1S/C29H23N3O7S2/c1-15-5-3-4-6-16(15)14-39-21-12-9-18(32(36)37)13-20(21)22-23-25(40-26-24(22)41-29(35)30-26)28(34)31(27(23)33)17-7-10-19(38-2)11-8-17/h3-13,22-23,25H,14H2,1-2H3,(H,30,35). The second-order valence-electron chi connectivity index (χ2n) is 9.65. The highest BCUT2D eigenvalue weighted by Crippen LogP contribution is 2.55. The van der Waals surface area contributed by atoms with Crippen LogP contribution in [0.5, 0.6) is 11.5 Å². The minimum Gasteiger partial charge on any atom is -0.497 e. The van der Waals surface area contributed by atoms with Crippen molar-refractivity contribution in [1.82, 2.24) is 4.98 Å². The third-order valence-corrected chi connectivity index (χ3v) is 9.74. The van der Waals surface area contributed by atoms with E-state index in [0.29, 0.717) is 32.7 Å². The number of ether oxygens (including phenoxy) is 2. The number of nitrogens with zero attached hydrogens (tertiary/aromatic N) is 2. The lowest BCUT2D eigenvalue weighted by molar-refractivity contribution is -0.385. The minimum atomic E-state index is -0.920. The van der Waals surface area contributed by atoms with Gasteiger partial charge >= 0.3 is 4.87 Å². The Hall–Kier alpha value is -4.42. The van der Waals surface area contributed by atoms with E-state index < -0.39 is 33.8 Å². The first kappa shape index (κ1) is 26.8. The second kappa shape index (κ2) is 10.5. The average molecular weight is 590 g/mol. The molecule has 1 saturated heterocycles. The van der Waals surface area contributed by atoms with Crippen LogP contribution >= 0.6 is 23.1 Å². The SMILES string of the molecule is COc1ccc(N2C(=O)C3Sc4[nH]c(=O)sc4C(c4cc([N+](=O)[O-])ccc4OCc4ccccc4C)C3C2=O)cc1. The van der Waals surface area contributed by atoms with Gasteiger partial charge in [0.25, 0.3) is 5.69 Å². The van der Waals surface area contributed by atoms with E-state index in [-0.39, 0.29) is 17.2 Å². The van der Waals surface area contributed by atoms with Gasteiger partial charge in [-0.25, -0.2) is 4.90 Å². The van der Waals surface area contributed by atoms with Gasteiger partial charge in [-0.15, -0.1) is 0 Å². The molecule has 0 saturated carbocycles. The molecule has 4 aromatic rings. The van der Waals surface area contributed by atoms with E-state index in [2.05, 4.69) is 4.98 Å². The lowest BCUT2D eigenvalue weighted by atomic mass is 9.82. The van der Waals surface area contributed by atoms with Crippen molar-refractivity contribution < 1.29 is 24.0 Å². The van der Waals surface area contributed by atoms with Crippen LogP contribution in [-0.2, 0) is 16.2 Å². The maximum absolute atomic E-state index is 14.1. The van der Waals surface area contributed by atoms with Crippen molar-refractivity contribution in [2.24, 2.45) is 5.92 Å². The molecule has 2 aliphatic rings. The largest absolute Gasteiger partial charge is 0.497 e. The van der Waals surface area contributed by atoms with Crippen LogP contribution in [0.3, 0.4) is 0 Å². The molecule has 12 heteroatoms. The van der Waals surface area contributed by atoms with Crippen LogP contribution in [0.2, 0.25) is 0 Å². The normalized spacial score (nSPS) is 19.6. The Labute approximate surface area is 242 Å². The van der Waals surface area contributed by atoms with Crippen molar-refractivity contribution in [3.05, 3.63) is 108 Å². The lowest BCUT2D eigenvalue weighted by Gasteiger charge is -2.30. The quantitative estimate of drug-likeness (QED) is 0.180. The zero-order chi connectivity index (χ0) is 28.8. The summed E-state index contributed by atoms with van der Waals surface area (Å²) in [5.41, 5.74) is 2.52. The number of nitro groups is 1. The highest BCUT2D eigenvalue weighted by atomic mass is 32.2. The van der Waals surface area contributed by atoms with Crippen LogP contribution < -0.4 is 19.2 Å². The molecule has 41 heavy (non-hydrogen) atoms. The van der Waals surface area contributed by atoms with E-state index in [1.54, 1.807) is 24.3 Å². The van der Waals surface area contributed by atoms with Gasteiger partial charge in [-0.3, -0.25) is 24.5 Å². The summed E-state index contributed by atoms with van der Waals surface area (Å²) in [6, 6.07) is 18.5. The summed E-state index contributed by atoms with van der Waals surface area (Å²) in [6.07, 6.45) is 0. The summed E-state index contributed by atoms with van der Waals surface area (Å²) in [6.45, 7) is 2.15. The summed E-state index contributed by atoms with van der Waals surface area (Å²) >= 11 is 2.07. The van der Waals surface area contributed by atoms with Gasteiger partial charge in [-0.1, -0.05) is 47.4 Å². The number of carbonyl (C=O) groups is 2. The van der Waals surface area contributed by atoms with Crippen molar-refractivity contribution in [2.45, 2.75) is 29.7 Å². The first-order valence-electron chi connectivity index (χ1n) is 12.6. The number of aromatic amines is 1. The predicted octanol–water partition coefficient (Wildman–Crippen LogP) is 5.04. The van der Waals surface area contributed by atoms with Crippen LogP contribution in [0.15, 0.2) is 76.6 Å².